The lowest BCUT2D eigenvalue weighted by molar-refractivity contribution is -0.124. The van der Waals surface area contributed by atoms with E-state index in [0.717, 1.165) is 41.1 Å². The Morgan fingerprint density at radius 3 is 2.21 bits per heavy atom. The standard InChI is InChI=1S/C24H35N3O2/c1-16-5-4-6-21(17(16)2)26-23(29)14-27(3)13-22(28)25-15-24-10-18-7-19(11-24)9-20(8-18)12-24/h4-6,18-20H,7-15H2,1-3H3,(H,25,28)(H,26,29). The SMILES string of the molecule is Cc1cccc(NC(=O)CN(C)CC(=O)NCC23CC4CC(CC(C4)C2)C3)c1C. The first-order chi connectivity index (χ1) is 13.8. The summed E-state index contributed by atoms with van der Waals surface area (Å²) in [5, 5.41) is 6.16. The minimum Gasteiger partial charge on any atom is -0.354 e. The van der Waals surface area contributed by atoms with Crippen molar-refractivity contribution in [1.82, 2.24) is 10.2 Å². The molecule has 0 atom stereocenters. The van der Waals surface area contributed by atoms with Crippen molar-refractivity contribution in [2.45, 2.75) is 52.4 Å². The number of aryl methyl sites for hydroxylation is 1. The van der Waals surface area contributed by atoms with Crippen LogP contribution in [0.4, 0.5) is 5.69 Å². The second-order valence-corrected chi connectivity index (χ2v) is 10.2. The summed E-state index contributed by atoms with van der Waals surface area (Å²) in [7, 11) is 1.83. The Morgan fingerprint density at radius 2 is 1.59 bits per heavy atom. The molecule has 5 rings (SSSR count). The highest BCUT2D eigenvalue weighted by Gasteiger charge is 2.50. The molecule has 1 aromatic rings. The van der Waals surface area contributed by atoms with Gasteiger partial charge in [-0.1, -0.05) is 12.1 Å². The second-order valence-electron chi connectivity index (χ2n) is 10.2. The van der Waals surface area contributed by atoms with Crippen molar-refractivity contribution in [2.24, 2.45) is 23.2 Å². The number of nitrogens with zero attached hydrogens (tertiary/aromatic N) is 1. The average molecular weight is 398 g/mol. The molecule has 0 heterocycles. The fraction of sp³-hybridized carbons (Fsp3) is 0.667. The van der Waals surface area contributed by atoms with Crippen LogP contribution in [0, 0.1) is 37.0 Å². The highest BCUT2D eigenvalue weighted by Crippen LogP contribution is 2.59. The number of amides is 2. The summed E-state index contributed by atoms with van der Waals surface area (Å²) in [5.74, 6) is 2.64. The molecular formula is C24H35N3O2. The van der Waals surface area contributed by atoms with E-state index in [1.165, 1.54) is 38.5 Å². The van der Waals surface area contributed by atoms with E-state index in [1.807, 2.05) is 39.1 Å². The molecule has 4 aliphatic carbocycles. The third-order valence-corrected chi connectivity index (χ3v) is 7.53. The van der Waals surface area contributed by atoms with Crippen LogP contribution in [0.25, 0.3) is 0 Å². The van der Waals surface area contributed by atoms with Crippen LogP contribution in [0.2, 0.25) is 0 Å². The van der Waals surface area contributed by atoms with E-state index in [2.05, 4.69) is 10.6 Å². The zero-order chi connectivity index (χ0) is 20.6. The lowest BCUT2D eigenvalue weighted by Crippen LogP contribution is -2.52. The molecule has 4 aliphatic rings. The van der Waals surface area contributed by atoms with E-state index in [1.54, 1.807) is 4.90 Å². The summed E-state index contributed by atoms with van der Waals surface area (Å²) in [6.07, 6.45) is 8.16. The molecular weight excluding hydrogens is 362 g/mol. The Labute approximate surface area is 174 Å². The number of nitrogens with one attached hydrogen (secondary N) is 2. The molecule has 2 N–H and O–H groups in total. The summed E-state index contributed by atoms with van der Waals surface area (Å²) in [6, 6.07) is 5.89. The van der Waals surface area contributed by atoms with Gasteiger partial charge >= 0.3 is 0 Å². The predicted molar refractivity (Wildman–Crippen MR) is 116 cm³/mol. The maximum atomic E-state index is 12.5. The first-order valence-corrected chi connectivity index (χ1v) is 11.1. The zero-order valence-corrected chi connectivity index (χ0v) is 18.1. The van der Waals surface area contributed by atoms with Crippen LogP contribution >= 0.6 is 0 Å². The van der Waals surface area contributed by atoms with Gasteiger partial charge < -0.3 is 10.6 Å². The van der Waals surface area contributed by atoms with Crippen LogP contribution in [-0.2, 0) is 9.59 Å². The van der Waals surface area contributed by atoms with Gasteiger partial charge in [-0.15, -0.1) is 0 Å². The van der Waals surface area contributed by atoms with E-state index in [-0.39, 0.29) is 24.9 Å². The topological polar surface area (TPSA) is 61.4 Å². The second kappa shape index (κ2) is 8.10. The van der Waals surface area contributed by atoms with Crippen LogP contribution in [-0.4, -0.2) is 43.4 Å². The smallest absolute Gasteiger partial charge is 0.238 e. The van der Waals surface area contributed by atoms with Gasteiger partial charge in [0.05, 0.1) is 13.1 Å². The Kier molecular flexibility index (Phi) is 5.69. The largest absolute Gasteiger partial charge is 0.354 e. The third-order valence-electron chi connectivity index (χ3n) is 7.53. The van der Waals surface area contributed by atoms with Crippen molar-refractivity contribution in [1.29, 1.82) is 0 Å². The van der Waals surface area contributed by atoms with Gasteiger partial charge in [0.1, 0.15) is 0 Å². The van der Waals surface area contributed by atoms with E-state index in [0.29, 0.717) is 5.41 Å². The Bertz CT molecular complexity index is 753. The molecule has 5 nitrogen and oxygen atoms in total. The van der Waals surface area contributed by atoms with Crippen LogP contribution in [0.1, 0.15) is 49.7 Å². The summed E-state index contributed by atoms with van der Waals surface area (Å²) < 4.78 is 0. The fourth-order valence-electron chi connectivity index (χ4n) is 6.47. The molecule has 0 aliphatic heterocycles. The quantitative estimate of drug-likeness (QED) is 0.740. The molecule has 29 heavy (non-hydrogen) atoms. The van der Waals surface area contributed by atoms with E-state index < -0.39 is 0 Å². The molecule has 4 saturated carbocycles. The van der Waals surface area contributed by atoms with Crippen molar-refractivity contribution < 1.29 is 9.59 Å². The maximum Gasteiger partial charge on any atom is 0.238 e. The van der Waals surface area contributed by atoms with Crippen molar-refractivity contribution >= 4 is 17.5 Å². The number of likely N-dealkylation sites (N-methyl/N-ethyl adjacent to an activating group) is 1. The number of benzene rings is 1. The first-order valence-electron chi connectivity index (χ1n) is 11.1. The van der Waals surface area contributed by atoms with Crippen LogP contribution in [0.5, 0.6) is 0 Å². The highest BCUT2D eigenvalue weighted by molar-refractivity contribution is 5.93. The third kappa shape index (κ3) is 4.66. The molecule has 0 radical (unpaired) electrons. The molecule has 0 spiro atoms. The molecule has 4 bridgehead atoms. The molecule has 0 saturated heterocycles. The van der Waals surface area contributed by atoms with Gasteiger partial charge in [-0.25, -0.2) is 0 Å². The lowest BCUT2D eigenvalue weighted by atomic mass is 9.49. The van der Waals surface area contributed by atoms with Gasteiger partial charge in [0.2, 0.25) is 11.8 Å². The number of anilines is 1. The van der Waals surface area contributed by atoms with E-state index in [9.17, 15) is 9.59 Å². The fourth-order valence-corrected chi connectivity index (χ4v) is 6.47. The predicted octanol–water partition coefficient (Wildman–Crippen LogP) is 3.51. The number of hydrogen-bond acceptors (Lipinski definition) is 3. The number of carbonyl (C=O) groups is 2. The van der Waals surface area contributed by atoms with Gasteiger partial charge in [0, 0.05) is 12.2 Å². The molecule has 4 fully saturated rings. The van der Waals surface area contributed by atoms with Crippen molar-refractivity contribution in [2.75, 3.05) is 32.0 Å². The van der Waals surface area contributed by atoms with Gasteiger partial charge in [-0.3, -0.25) is 14.5 Å². The average Bonchev–Trinajstić information content (AvgIpc) is 2.63. The Hall–Kier alpha value is -1.88. The molecule has 158 valence electrons. The number of carbonyl (C=O) groups excluding carboxylic acids is 2. The van der Waals surface area contributed by atoms with E-state index in [4.69, 9.17) is 0 Å². The lowest BCUT2D eigenvalue weighted by Gasteiger charge is -2.56. The normalized spacial score (nSPS) is 29.9. The van der Waals surface area contributed by atoms with E-state index >= 15 is 0 Å². The molecule has 0 unspecified atom stereocenters. The van der Waals surface area contributed by atoms with Gasteiger partial charge in [-0.05, 0) is 99.8 Å². The zero-order valence-electron chi connectivity index (χ0n) is 18.1. The monoisotopic (exact) mass is 397 g/mol. The Morgan fingerprint density at radius 1 is 1.00 bits per heavy atom. The summed E-state index contributed by atoms with van der Waals surface area (Å²) in [6.45, 7) is 5.32. The molecule has 1 aromatic carbocycles. The van der Waals surface area contributed by atoms with Gasteiger partial charge in [0.15, 0.2) is 0 Å². The van der Waals surface area contributed by atoms with Crippen molar-refractivity contribution in [3.63, 3.8) is 0 Å². The minimum atomic E-state index is -0.0879. The van der Waals surface area contributed by atoms with Crippen molar-refractivity contribution in [3.8, 4) is 0 Å². The minimum absolute atomic E-state index is 0.0304. The van der Waals surface area contributed by atoms with Gasteiger partial charge in [0.25, 0.3) is 0 Å². The number of rotatable bonds is 7. The Balaban J connectivity index is 1.22. The summed E-state index contributed by atoms with van der Waals surface area (Å²) >= 11 is 0. The van der Waals surface area contributed by atoms with Crippen LogP contribution < -0.4 is 10.6 Å². The molecule has 5 heteroatoms. The summed E-state index contributed by atoms with van der Waals surface area (Å²) in [5.41, 5.74) is 3.43. The van der Waals surface area contributed by atoms with Crippen LogP contribution in [0.3, 0.4) is 0 Å². The molecule has 0 aromatic heterocycles. The number of hydrogen-bond donors (Lipinski definition) is 2. The first kappa shape index (κ1) is 20.4. The maximum absolute atomic E-state index is 12.5. The van der Waals surface area contributed by atoms with Gasteiger partial charge in [-0.2, -0.15) is 0 Å². The summed E-state index contributed by atoms with van der Waals surface area (Å²) in [4.78, 5) is 26.7. The van der Waals surface area contributed by atoms with Crippen LogP contribution in [0.15, 0.2) is 18.2 Å². The highest BCUT2D eigenvalue weighted by atomic mass is 16.2. The molecule has 2 amide bonds. The van der Waals surface area contributed by atoms with Crippen molar-refractivity contribution in [3.05, 3.63) is 29.3 Å².